The summed E-state index contributed by atoms with van der Waals surface area (Å²) in [5, 5.41) is 0. The van der Waals surface area contributed by atoms with E-state index < -0.39 is 10.1 Å². The summed E-state index contributed by atoms with van der Waals surface area (Å²) in [6.07, 6.45) is 24.2. The van der Waals surface area contributed by atoms with Gasteiger partial charge in [-0.15, -0.1) is 0 Å². The maximum atomic E-state index is 12.0. The van der Waals surface area contributed by atoms with Crippen molar-refractivity contribution in [3.8, 4) is 0 Å². The third kappa shape index (κ3) is 24.1. The van der Waals surface area contributed by atoms with Crippen molar-refractivity contribution in [2.45, 2.75) is 142 Å². The maximum Gasteiger partial charge on any atom is 0.267 e. The number of hydrogen-bond donors (Lipinski definition) is 0. The summed E-state index contributed by atoms with van der Waals surface area (Å²) in [5.74, 6) is 0.161. The Bertz CT molecular complexity index is 426. The fourth-order valence-electron chi connectivity index (χ4n) is 3.80. The Balaban J connectivity index is 3.32. The topological polar surface area (TPSA) is 43.4 Å². The molecule has 0 aliphatic rings. The van der Waals surface area contributed by atoms with Crippen LogP contribution in [0.25, 0.3) is 0 Å². The van der Waals surface area contributed by atoms with E-state index in [1.165, 1.54) is 83.5 Å². The van der Waals surface area contributed by atoms with E-state index in [4.69, 9.17) is 4.18 Å². The second-order valence-electron chi connectivity index (χ2n) is 8.84. The lowest BCUT2D eigenvalue weighted by Crippen LogP contribution is -2.11. The van der Waals surface area contributed by atoms with Gasteiger partial charge in [-0.3, -0.25) is 8.57 Å². The molecular formula is C25H51FO3S. The van der Waals surface area contributed by atoms with Crippen molar-refractivity contribution in [1.82, 2.24) is 0 Å². The van der Waals surface area contributed by atoms with E-state index in [1.807, 2.05) is 0 Å². The molecule has 0 amide bonds. The average Bonchev–Trinajstić information content (AvgIpc) is 2.72. The second-order valence-corrected chi connectivity index (χ2v) is 10.6. The van der Waals surface area contributed by atoms with Gasteiger partial charge in [0.2, 0.25) is 0 Å². The fourth-order valence-corrected chi connectivity index (χ4v) is 4.85. The van der Waals surface area contributed by atoms with E-state index in [1.54, 1.807) is 0 Å². The minimum atomic E-state index is -3.33. The summed E-state index contributed by atoms with van der Waals surface area (Å²) >= 11 is 0. The summed E-state index contributed by atoms with van der Waals surface area (Å²) in [6, 6.07) is 0. The third-order valence-electron chi connectivity index (χ3n) is 5.79. The minimum Gasteiger partial charge on any atom is -0.270 e. The Hall–Kier alpha value is -0.160. The first kappa shape index (κ1) is 29.8. The normalized spacial score (nSPS) is 11.9. The predicted molar refractivity (Wildman–Crippen MR) is 128 cm³/mol. The third-order valence-corrected chi connectivity index (χ3v) is 7.10. The number of hydrogen-bond acceptors (Lipinski definition) is 3. The van der Waals surface area contributed by atoms with Crippen molar-refractivity contribution in [1.29, 1.82) is 0 Å². The van der Waals surface area contributed by atoms with Gasteiger partial charge >= 0.3 is 0 Å². The molecule has 0 spiro atoms. The smallest absolute Gasteiger partial charge is 0.267 e. The quantitative estimate of drug-likeness (QED) is 0.103. The summed E-state index contributed by atoms with van der Waals surface area (Å²) < 4.78 is 41.0. The highest BCUT2D eigenvalue weighted by atomic mass is 32.2. The van der Waals surface area contributed by atoms with E-state index in [0.29, 0.717) is 19.4 Å². The van der Waals surface area contributed by atoms with Crippen LogP contribution in [0.5, 0.6) is 0 Å². The van der Waals surface area contributed by atoms with Crippen molar-refractivity contribution in [2.75, 3.05) is 19.0 Å². The molecule has 0 bridgehead atoms. The Labute approximate surface area is 188 Å². The van der Waals surface area contributed by atoms with E-state index in [0.717, 1.165) is 38.5 Å². The lowest BCUT2D eigenvalue weighted by atomic mass is 10.1. The van der Waals surface area contributed by atoms with E-state index in [2.05, 4.69) is 6.92 Å². The van der Waals surface area contributed by atoms with Gasteiger partial charge in [-0.05, 0) is 19.3 Å². The molecular weight excluding hydrogens is 399 g/mol. The van der Waals surface area contributed by atoms with Gasteiger partial charge in [0.25, 0.3) is 10.1 Å². The molecule has 182 valence electrons. The van der Waals surface area contributed by atoms with Crippen molar-refractivity contribution < 1.29 is 17.0 Å². The molecule has 0 aliphatic carbocycles. The largest absolute Gasteiger partial charge is 0.270 e. The van der Waals surface area contributed by atoms with Crippen LogP contribution in [0.2, 0.25) is 0 Å². The molecule has 0 heterocycles. The van der Waals surface area contributed by atoms with Crippen LogP contribution in [-0.4, -0.2) is 27.5 Å². The van der Waals surface area contributed by atoms with Crippen LogP contribution < -0.4 is 0 Å². The Morgan fingerprint density at radius 1 is 0.533 bits per heavy atom. The molecule has 0 radical (unpaired) electrons. The van der Waals surface area contributed by atoms with Gasteiger partial charge < -0.3 is 0 Å². The van der Waals surface area contributed by atoms with Gasteiger partial charge in [0, 0.05) is 0 Å². The summed E-state index contributed by atoms with van der Waals surface area (Å²) in [4.78, 5) is 0. The molecule has 0 atom stereocenters. The van der Waals surface area contributed by atoms with E-state index in [-0.39, 0.29) is 12.4 Å². The van der Waals surface area contributed by atoms with Gasteiger partial charge in [-0.1, -0.05) is 122 Å². The zero-order valence-electron chi connectivity index (χ0n) is 20.0. The molecule has 0 saturated heterocycles. The molecule has 0 N–H and O–H groups in total. The summed E-state index contributed by atoms with van der Waals surface area (Å²) in [7, 11) is -3.33. The molecule has 3 nitrogen and oxygen atoms in total. The number of unbranched alkanes of at least 4 members (excludes halogenated alkanes) is 19. The molecule has 0 unspecified atom stereocenters. The van der Waals surface area contributed by atoms with Gasteiger partial charge in [0.15, 0.2) is 0 Å². The second kappa shape index (κ2) is 23.5. The average molecular weight is 451 g/mol. The van der Waals surface area contributed by atoms with Gasteiger partial charge in [0.05, 0.1) is 19.0 Å². The van der Waals surface area contributed by atoms with Crippen LogP contribution in [0, 0.1) is 0 Å². The van der Waals surface area contributed by atoms with Gasteiger partial charge in [0.1, 0.15) is 0 Å². The van der Waals surface area contributed by atoms with E-state index >= 15 is 0 Å². The van der Waals surface area contributed by atoms with Gasteiger partial charge in [-0.2, -0.15) is 8.42 Å². The first-order valence-corrected chi connectivity index (χ1v) is 14.6. The Morgan fingerprint density at radius 2 is 0.900 bits per heavy atom. The number of halogens is 1. The molecule has 0 aromatic rings. The lowest BCUT2D eigenvalue weighted by molar-refractivity contribution is 0.305. The van der Waals surface area contributed by atoms with Crippen LogP contribution in [0.3, 0.4) is 0 Å². The lowest BCUT2D eigenvalue weighted by Gasteiger charge is -2.06. The maximum absolute atomic E-state index is 12.0. The highest BCUT2D eigenvalue weighted by molar-refractivity contribution is 7.86. The fraction of sp³-hybridized carbons (Fsp3) is 1.00. The van der Waals surface area contributed by atoms with Gasteiger partial charge in [-0.25, -0.2) is 0 Å². The molecule has 5 heteroatoms. The molecule has 0 rings (SSSR count). The SMILES string of the molecule is CCCCCCCCCCCCCOS(=O)(=O)CCCCCCCCCCCCF. The van der Waals surface area contributed by atoms with Crippen molar-refractivity contribution in [3.05, 3.63) is 0 Å². The summed E-state index contributed by atoms with van der Waals surface area (Å²) in [5.41, 5.74) is 0. The molecule has 0 aliphatic heterocycles. The Morgan fingerprint density at radius 3 is 1.33 bits per heavy atom. The molecule has 0 fully saturated rings. The molecule has 0 aromatic carbocycles. The number of alkyl halides is 1. The summed E-state index contributed by atoms with van der Waals surface area (Å²) in [6.45, 7) is 2.41. The molecule has 30 heavy (non-hydrogen) atoms. The zero-order chi connectivity index (χ0) is 22.2. The highest BCUT2D eigenvalue weighted by Gasteiger charge is 2.10. The van der Waals surface area contributed by atoms with E-state index in [9.17, 15) is 12.8 Å². The number of rotatable bonds is 25. The van der Waals surface area contributed by atoms with Crippen LogP contribution in [0.1, 0.15) is 142 Å². The zero-order valence-corrected chi connectivity index (χ0v) is 20.8. The first-order chi connectivity index (χ1) is 14.6. The minimum absolute atomic E-state index is 0.161. The van der Waals surface area contributed by atoms with Crippen molar-refractivity contribution in [2.24, 2.45) is 0 Å². The van der Waals surface area contributed by atoms with Crippen LogP contribution in [0.15, 0.2) is 0 Å². The molecule has 0 aromatic heterocycles. The van der Waals surface area contributed by atoms with Crippen LogP contribution >= 0.6 is 0 Å². The molecule has 0 saturated carbocycles. The van der Waals surface area contributed by atoms with Crippen LogP contribution in [-0.2, 0) is 14.3 Å². The first-order valence-electron chi connectivity index (χ1n) is 13.1. The van der Waals surface area contributed by atoms with Crippen molar-refractivity contribution in [3.63, 3.8) is 0 Å². The Kier molecular flexibility index (Phi) is 23.4. The predicted octanol–water partition coefficient (Wildman–Crippen LogP) is 8.51. The standard InChI is InChI=1S/C25H51FO3S/c1-2-3-4-5-6-7-9-12-15-18-21-24-29-30(27,28)25-22-19-16-13-10-8-11-14-17-20-23-26/h2-25H2,1H3. The highest BCUT2D eigenvalue weighted by Crippen LogP contribution is 2.13. The monoisotopic (exact) mass is 450 g/mol. The van der Waals surface area contributed by atoms with Crippen molar-refractivity contribution >= 4 is 10.1 Å². The van der Waals surface area contributed by atoms with Crippen LogP contribution in [0.4, 0.5) is 4.39 Å².